The number of amides is 2. The van der Waals surface area contributed by atoms with Crippen LogP contribution in [0.4, 0.5) is 45.5 Å². The van der Waals surface area contributed by atoms with E-state index in [4.69, 9.17) is 155 Å². The van der Waals surface area contributed by atoms with Crippen LogP contribution in [0.3, 0.4) is 0 Å². The summed E-state index contributed by atoms with van der Waals surface area (Å²) in [5.41, 5.74) is 35.2. The molecular formula is C99H93Cl8N27O5. The lowest BCUT2D eigenvalue weighted by atomic mass is 10.0. The van der Waals surface area contributed by atoms with E-state index in [0.29, 0.717) is 105 Å². The van der Waals surface area contributed by atoms with Gasteiger partial charge in [0.05, 0.1) is 188 Å². The minimum Gasteiger partial charge on any atom is -0.468 e. The molecule has 710 valence electrons. The van der Waals surface area contributed by atoms with Crippen molar-refractivity contribution in [1.29, 1.82) is 0 Å². The van der Waals surface area contributed by atoms with E-state index >= 15 is 0 Å². The van der Waals surface area contributed by atoms with E-state index in [2.05, 4.69) is 76.1 Å². The Morgan fingerprint density at radius 3 is 1.02 bits per heavy atom. The van der Waals surface area contributed by atoms with Gasteiger partial charge in [0.25, 0.3) is 11.8 Å². The first-order valence-corrected chi connectivity index (χ1v) is 46.1. The predicted octanol–water partition coefficient (Wildman–Crippen LogP) is 22.9. The standard InChI is InChI=1S/C17H14Cl2N4O.C17H12Cl2N4.C16H19N5O2.C16H17N5O.C9H9Cl2N.2C8H4ClN3.C8H14N2O/c18-10-3-4-12(13(19)8-10)17(5-6-17)22-15-11(16(20)24)9-21-23-7-1-2-14(15)23;1-20-14-10-21-23-8-2-3-15(23)16(14)22-17(6-7-17)12-5-4-11(18)9-13(12)19;1-20(2)13(14-6-4-8-23-14)10-18-15-11(16(17)22)9-19-21-7-3-5-12(15)21;1-17-12-10-19-21-8-4-6-13(21)16(12)18-11-14(20(2)3)15-7-5-9-22-15;10-6-1-2-7(8(11)5-6)9(12)3-4-9;2*1-10-6-5-11-12-4-2-3-7(12)8(6)9;1-10(2)7(6-9)8-4-3-5-11-8/h1-4,7-9,22H,5-6H2,(H2,20,24);2-5,8-10,22H,6-7H2;3-9,13,18H,10H2,1-2H3,(H2,17,22);4-10,14,18H,11H2,2-3H3;1-2,5H,3-4,12H2;2*2-5H;3-5,7H,6,9H2,1-2H3. The van der Waals surface area contributed by atoms with Crippen LogP contribution in [-0.4, -0.2) is 146 Å². The zero-order valence-corrected chi connectivity index (χ0v) is 81.8. The van der Waals surface area contributed by atoms with E-state index in [-0.39, 0.29) is 34.7 Å². The minimum atomic E-state index is -0.522. The van der Waals surface area contributed by atoms with Gasteiger partial charge in [0.2, 0.25) is 22.7 Å². The molecule has 2 amide bonds. The molecule has 3 unspecified atom stereocenters. The number of benzene rings is 3. The van der Waals surface area contributed by atoms with E-state index in [1.165, 1.54) is 24.8 Å². The zero-order valence-electron chi connectivity index (χ0n) is 75.7. The van der Waals surface area contributed by atoms with Gasteiger partial charge in [-0.3, -0.25) is 24.3 Å². The molecule has 0 saturated heterocycles. The average molecular weight is 2020 g/mol. The van der Waals surface area contributed by atoms with E-state index in [0.717, 1.165) is 117 Å². The molecule has 3 fully saturated rings. The van der Waals surface area contributed by atoms with Crippen LogP contribution in [0.5, 0.6) is 0 Å². The lowest BCUT2D eigenvalue weighted by molar-refractivity contribution is 0.0992. The minimum absolute atomic E-state index is 0.0221. The second kappa shape index (κ2) is 45.0. The van der Waals surface area contributed by atoms with Gasteiger partial charge in [-0.1, -0.05) is 111 Å². The molecular weight excluding hydrogens is 1930 g/mol. The van der Waals surface area contributed by atoms with E-state index < -0.39 is 11.8 Å². The average Bonchev–Trinajstić information content (AvgIpc) is 1.59. The number of likely N-dealkylation sites (N-methyl/N-ethyl adjacent to an activating group) is 3. The third-order valence-corrected chi connectivity index (χ3v) is 25.6. The third-order valence-electron chi connectivity index (χ3n) is 23.2. The largest absolute Gasteiger partial charge is 0.468 e. The van der Waals surface area contributed by atoms with E-state index in [1.54, 1.807) is 88.9 Å². The van der Waals surface area contributed by atoms with Gasteiger partial charge in [0, 0.05) is 92.5 Å². The number of aromatic nitrogens is 12. The van der Waals surface area contributed by atoms with Crippen LogP contribution in [0, 0.1) is 26.3 Å². The van der Waals surface area contributed by atoms with Crippen molar-refractivity contribution in [3.63, 3.8) is 0 Å². The van der Waals surface area contributed by atoms with Gasteiger partial charge < -0.3 is 57.5 Å². The van der Waals surface area contributed by atoms with Crippen molar-refractivity contribution in [2.45, 2.75) is 73.3 Å². The topological polar surface area (TPSA) is 357 Å². The third kappa shape index (κ3) is 23.7. The summed E-state index contributed by atoms with van der Waals surface area (Å²) < 4.78 is 26.4. The van der Waals surface area contributed by atoms with Gasteiger partial charge in [0.15, 0.2) is 0 Å². The van der Waals surface area contributed by atoms with Gasteiger partial charge in [-0.25, -0.2) is 46.5 Å². The zero-order chi connectivity index (χ0) is 99.0. The number of anilines is 4. The fraction of sp³-hybridized carbons (Fsp3) is 0.212. The van der Waals surface area contributed by atoms with Crippen molar-refractivity contribution >= 4 is 183 Å². The van der Waals surface area contributed by atoms with Gasteiger partial charge in [-0.05, 0) is 243 Å². The maximum absolute atomic E-state index is 11.8. The number of carbonyl (C=O) groups is 2. The summed E-state index contributed by atoms with van der Waals surface area (Å²) in [6.07, 6.45) is 30.8. The van der Waals surface area contributed by atoms with Crippen molar-refractivity contribution < 1.29 is 22.8 Å². The molecule has 15 heterocycles. The molecule has 32 nitrogen and oxygen atoms in total. The molecule has 3 saturated carbocycles. The Morgan fingerprint density at radius 1 is 0.388 bits per heavy atom. The molecule has 3 aromatic carbocycles. The van der Waals surface area contributed by atoms with Crippen LogP contribution in [0.15, 0.2) is 270 Å². The number of hydrogen-bond donors (Lipinski definition) is 8. The Labute approximate surface area is 839 Å². The highest BCUT2D eigenvalue weighted by Gasteiger charge is 2.48. The summed E-state index contributed by atoms with van der Waals surface area (Å²) in [6.45, 7) is 30.1. The van der Waals surface area contributed by atoms with Crippen LogP contribution >= 0.6 is 92.8 Å². The van der Waals surface area contributed by atoms with Crippen LogP contribution in [-0.2, 0) is 16.6 Å². The van der Waals surface area contributed by atoms with Crippen LogP contribution in [0.1, 0.15) is 111 Å². The molecule has 3 atom stereocenters. The lowest BCUT2D eigenvalue weighted by Gasteiger charge is -2.23. The molecule has 15 aromatic heterocycles. The first-order valence-electron chi connectivity index (χ1n) is 43.1. The van der Waals surface area contributed by atoms with E-state index in [1.807, 2.05) is 222 Å². The van der Waals surface area contributed by atoms with Crippen LogP contribution in [0.2, 0.25) is 40.2 Å². The normalized spacial score (nSPS) is 13.7. The summed E-state index contributed by atoms with van der Waals surface area (Å²) in [5, 5.41) is 43.3. The number of furan rings is 3. The van der Waals surface area contributed by atoms with Crippen molar-refractivity contribution in [2.24, 2.45) is 22.9 Å². The number of nitrogens with one attached hydrogen (secondary N) is 4. The molecule has 40 heteroatoms. The number of nitrogens with zero attached hydrogens (tertiary/aromatic N) is 19. The van der Waals surface area contributed by atoms with Crippen molar-refractivity contribution in [2.75, 3.05) is 83.2 Å². The Hall–Kier alpha value is -14.1. The first kappa shape index (κ1) is 101. The molecule has 0 spiro atoms. The molecule has 21 rings (SSSR count). The van der Waals surface area contributed by atoms with Crippen molar-refractivity contribution in [3.05, 3.63) is 388 Å². The number of halogens is 8. The molecule has 3 aliphatic carbocycles. The molecule has 139 heavy (non-hydrogen) atoms. The second-order valence-electron chi connectivity index (χ2n) is 33.0. The Bertz CT molecular complexity index is 7440. The number of rotatable bonds is 22. The number of fused-ring (bicyclic) bond motifs is 6. The summed E-state index contributed by atoms with van der Waals surface area (Å²) in [5.74, 6) is 1.64. The monoisotopic (exact) mass is 2020 g/mol. The molecule has 0 radical (unpaired) electrons. The van der Waals surface area contributed by atoms with Gasteiger partial charge in [-0.15, -0.1) is 0 Å². The molecule has 0 aliphatic heterocycles. The van der Waals surface area contributed by atoms with E-state index in [9.17, 15) is 9.59 Å². The second-order valence-corrected chi connectivity index (χ2v) is 36.3. The highest BCUT2D eigenvalue weighted by molar-refractivity contribution is 6.38. The maximum atomic E-state index is 11.8. The van der Waals surface area contributed by atoms with Crippen molar-refractivity contribution in [1.82, 2.24) is 72.4 Å². The molecule has 3 aliphatic rings. The SMILES string of the molecule is CN(C)C(CN)c1ccco1.CN(C)C(CNc1c(C(N)=O)cnn2cccc12)c1ccco1.NC(=O)c1cnn2cccc2c1NC1(c2ccc(Cl)cc2Cl)CC1.NC1(c2ccc(Cl)cc2Cl)CC1.[C-]#[N+]c1cnn2cccc2c1Cl.[C-]#[N+]c1cnn2cccc2c1Cl.[C-]#[N+]c1cnn2cccc2c1NC1(c2ccc(Cl)cc2Cl)CC1.[C-]#[N+]c1cnn2cccc2c1NCC(c1ccco1)N(C)C. The first-order chi connectivity index (χ1) is 66.9. The Kier molecular flexibility index (Phi) is 32.6. The molecule has 12 N–H and O–H groups in total. The summed E-state index contributed by atoms with van der Waals surface area (Å²) in [6, 6.07) is 50.8. The van der Waals surface area contributed by atoms with Crippen LogP contribution < -0.4 is 44.2 Å². The fourth-order valence-corrected chi connectivity index (χ4v) is 17.6. The van der Waals surface area contributed by atoms with Gasteiger partial charge in [0.1, 0.15) is 17.3 Å². The Morgan fingerprint density at radius 2 is 0.691 bits per heavy atom. The lowest BCUT2D eigenvalue weighted by Crippen LogP contribution is -2.27. The van der Waals surface area contributed by atoms with Crippen LogP contribution in [0.25, 0.3) is 52.5 Å². The van der Waals surface area contributed by atoms with Crippen molar-refractivity contribution in [3.8, 4) is 0 Å². The number of hydrogen-bond acceptors (Lipinski definition) is 20. The number of nitrogens with two attached hydrogens (primary N) is 4. The summed E-state index contributed by atoms with van der Waals surface area (Å²) >= 11 is 48.3. The van der Waals surface area contributed by atoms with Gasteiger partial charge >= 0.3 is 0 Å². The number of primary amides is 2. The highest BCUT2D eigenvalue weighted by atomic mass is 35.5. The predicted molar refractivity (Wildman–Crippen MR) is 548 cm³/mol. The molecule has 18 aromatic rings. The quantitative estimate of drug-likeness (QED) is 0.0292. The fourth-order valence-electron chi connectivity index (χ4n) is 15.4. The summed E-state index contributed by atoms with van der Waals surface area (Å²) in [4.78, 5) is 43.3. The highest BCUT2D eigenvalue weighted by Crippen LogP contribution is 2.54. The maximum Gasteiger partial charge on any atom is 0.252 e. The van der Waals surface area contributed by atoms with Gasteiger partial charge in [-0.2, -0.15) is 30.6 Å². The number of carbonyl (C=O) groups excluding carboxylic acids is 2. The summed E-state index contributed by atoms with van der Waals surface area (Å²) in [7, 11) is 11.9. The Balaban J connectivity index is 0.000000129. The smallest absolute Gasteiger partial charge is 0.252 e. The molecule has 0 bridgehead atoms.